The first-order valence-electron chi connectivity index (χ1n) is 5.85. The molecule has 0 aliphatic carbocycles. The van der Waals surface area contributed by atoms with E-state index in [1.54, 1.807) is 0 Å². The van der Waals surface area contributed by atoms with Gasteiger partial charge in [-0.05, 0) is 0 Å². The van der Waals surface area contributed by atoms with Gasteiger partial charge in [-0.15, -0.1) is 0 Å². The second-order valence-electron chi connectivity index (χ2n) is 5.25. The van der Waals surface area contributed by atoms with E-state index >= 15 is 0 Å². The summed E-state index contributed by atoms with van der Waals surface area (Å²) in [5, 5.41) is 3.33. The van der Waals surface area contributed by atoms with Crippen LogP contribution in [-0.2, 0) is 5.41 Å². The van der Waals surface area contributed by atoms with Crippen molar-refractivity contribution in [2.45, 2.75) is 26.2 Å². The zero-order valence-electron chi connectivity index (χ0n) is 10.3. The van der Waals surface area contributed by atoms with E-state index in [1.165, 1.54) is 0 Å². The maximum Gasteiger partial charge on any atom is 0.147 e. The van der Waals surface area contributed by atoms with Gasteiger partial charge in [-0.2, -0.15) is 0 Å². The molecule has 1 aromatic rings. The quantitative estimate of drug-likeness (QED) is 0.771. The summed E-state index contributed by atoms with van der Waals surface area (Å²) in [6.07, 6.45) is 3.79. The zero-order chi connectivity index (χ0) is 11.6. The first-order valence-corrected chi connectivity index (χ1v) is 5.85. The second-order valence-corrected chi connectivity index (χ2v) is 5.25. The van der Waals surface area contributed by atoms with Gasteiger partial charge < -0.3 is 10.2 Å². The van der Waals surface area contributed by atoms with E-state index in [2.05, 4.69) is 41.0 Å². The minimum absolute atomic E-state index is 0.0784. The molecule has 0 spiro atoms. The van der Waals surface area contributed by atoms with Crippen LogP contribution in [-0.4, -0.2) is 36.1 Å². The molecule has 1 aliphatic heterocycles. The molecular formula is C12H20N4. The van der Waals surface area contributed by atoms with E-state index in [0.717, 1.165) is 37.7 Å². The molecule has 0 atom stereocenters. The van der Waals surface area contributed by atoms with E-state index in [-0.39, 0.29) is 5.41 Å². The highest BCUT2D eigenvalue weighted by Gasteiger charge is 2.17. The molecule has 2 heterocycles. The average Bonchev–Trinajstić information content (AvgIpc) is 2.29. The molecule has 1 aromatic heterocycles. The van der Waals surface area contributed by atoms with E-state index in [0.29, 0.717) is 0 Å². The smallest absolute Gasteiger partial charge is 0.147 e. The molecule has 0 unspecified atom stereocenters. The van der Waals surface area contributed by atoms with Gasteiger partial charge in [-0.25, -0.2) is 4.98 Å². The maximum atomic E-state index is 4.50. The molecule has 0 radical (unpaired) electrons. The minimum atomic E-state index is 0.0784. The molecule has 4 heteroatoms. The van der Waals surface area contributed by atoms with Crippen LogP contribution in [0, 0.1) is 0 Å². The Hall–Kier alpha value is -1.16. The van der Waals surface area contributed by atoms with Crippen LogP contribution in [0.1, 0.15) is 26.5 Å². The fraction of sp³-hybridized carbons (Fsp3) is 0.667. The molecule has 2 rings (SSSR count). The highest BCUT2D eigenvalue weighted by molar-refractivity contribution is 5.37. The third-order valence-corrected chi connectivity index (χ3v) is 2.85. The van der Waals surface area contributed by atoms with Gasteiger partial charge >= 0.3 is 0 Å². The van der Waals surface area contributed by atoms with Gasteiger partial charge in [0.2, 0.25) is 0 Å². The average molecular weight is 220 g/mol. The van der Waals surface area contributed by atoms with Gasteiger partial charge in [-0.1, -0.05) is 20.8 Å². The highest BCUT2D eigenvalue weighted by atomic mass is 15.2. The normalized spacial score (nSPS) is 17.6. The van der Waals surface area contributed by atoms with E-state index < -0.39 is 0 Å². The van der Waals surface area contributed by atoms with Gasteiger partial charge in [0, 0.05) is 31.6 Å². The summed E-state index contributed by atoms with van der Waals surface area (Å²) in [5.74, 6) is 0.995. The summed E-state index contributed by atoms with van der Waals surface area (Å²) in [6, 6.07) is 0. The van der Waals surface area contributed by atoms with Crippen LogP contribution < -0.4 is 10.2 Å². The van der Waals surface area contributed by atoms with Crippen LogP contribution in [0.5, 0.6) is 0 Å². The SMILES string of the molecule is CC(C)(C)c1cnc(N2CCNCC2)cn1. The van der Waals surface area contributed by atoms with Gasteiger partial charge in [0.05, 0.1) is 18.1 Å². The topological polar surface area (TPSA) is 41.1 Å². The Bertz CT molecular complexity index is 333. The first-order chi connectivity index (χ1) is 7.57. The van der Waals surface area contributed by atoms with Crippen molar-refractivity contribution in [2.75, 3.05) is 31.1 Å². The molecule has 88 valence electrons. The molecule has 16 heavy (non-hydrogen) atoms. The lowest BCUT2D eigenvalue weighted by Crippen LogP contribution is -2.44. The Morgan fingerprint density at radius 1 is 1.12 bits per heavy atom. The third kappa shape index (κ3) is 2.50. The lowest BCUT2D eigenvalue weighted by molar-refractivity contribution is 0.560. The first kappa shape index (κ1) is 11.3. The summed E-state index contributed by atoms with van der Waals surface area (Å²) in [6.45, 7) is 10.6. The molecule has 4 nitrogen and oxygen atoms in total. The van der Waals surface area contributed by atoms with Gasteiger partial charge in [-0.3, -0.25) is 4.98 Å². The summed E-state index contributed by atoms with van der Waals surface area (Å²) >= 11 is 0. The molecular weight excluding hydrogens is 200 g/mol. The van der Waals surface area contributed by atoms with Crippen molar-refractivity contribution >= 4 is 5.82 Å². The molecule has 1 fully saturated rings. The Morgan fingerprint density at radius 3 is 2.31 bits per heavy atom. The summed E-state index contributed by atoms with van der Waals surface area (Å²) in [7, 11) is 0. The Labute approximate surface area is 97.1 Å². The fourth-order valence-corrected chi connectivity index (χ4v) is 1.77. The number of nitrogens with one attached hydrogen (secondary N) is 1. The number of piperazine rings is 1. The summed E-state index contributed by atoms with van der Waals surface area (Å²) < 4.78 is 0. The largest absolute Gasteiger partial charge is 0.353 e. The molecule has 0 aromatic carbocycles. The molecule has 0 amide bonds. The van der Waals surface area contributed by atoms with Crippen molar-refractivity contribution < 1.29 is 0 Å². The third-order valence-electron chi connectivity index (χ3n) is 2.85. The van der Waals surface area contributed by atoms with E-state index in [4.69, 9.17) is 0 Å². The van der Waals surface area contributed by atoms with Crippen molar-refractivity contribution in [1.82, 2.24) is 15.3 Å². The van der Waals surface area contributed by atoms with Crippen LogP contribution in [0.3, 0.4) is 0 Å². The Balaban J connectivity index is 2.12. The maximum absolute atomic E-state index is 4.50. The molecule has 1 N–H and O–H groups in total. The molecule has 1 saturated heterocycles. The van der Waals surface area contributed by atoms with E-state index in [1.807, 2.05) is 12.4 Å². The zero-order valence-corrected chi connectivity index (χ0v) is 10.3. The van der Waals surface area contributed by atoms with E-state index in [9.17, 15) is 0 Å². The molecule has 1 aliphatic rings. The van der Waals surface area contributed by atoms with Crippen molar-refractivity contribution in [2.24, 2.45) is 0 Å². The minimum Gasteiger partial charge on any atom is -0.353 e. The van der Waals surface area contributed by atoms with Crippen LogP contribution >= 0.6 is 0 Å². The predicted octanol–water partition coefficient (Wildman–Crippen LogP) is 1.18. The predicted molar refractivity (Wildman–Crippen MR) is 65.8 cm³/mol. The summed E-state index contributed by atoms with van der Waals surface area (Å²) in [5.41, 5.74) is 1.13. The fourth-order valence-electron chi connectivity index (χ4n) is 1.77. The van der Waals surface area contributed by atoms with Crippen LogP contribution in [0.4, 0.5) is 5.82 Å². The van der Waals surface area contributed by atoms with Gasteiger partial charge in [0.1, 0.15) is 5.82 Å². The standard InChI is InChI=1S/C12H20N4/c1-12(2,3)10-8-15-11(9-14-10)16-6-4-13-5-7-16/h8-9,13H,4-7H2,1-3H3. The Kier molecular flexibility index (Phi) is 3.10. The lowest BCUT2D eigenvalue weighted by Gasteiger charge is -2.28. The second kappa shape index (κ2) is 4.37. The van der Waals surface area contributed by atoms with Crippen LogP contribution in [0.15, 0.2) is 12.4 Å². The molecule has 0 bridgehead atoms. The summed E-state index contributed by atoms with van der Waals surface area (Å²) in [4.78, 5) is 11.3. The number of aromatic nitrogens is 2. The lowest BCUT2D eigenvalue weighted by atomic mass is 9.93. The van der Waals surface area contributed by atoms with Crippen LogP contribution in [0.25, 0.3) is 0 Å². The van der Waals surface area contributed by atoms with Crippen molar-refractivity contribution in [1.29, 1.82) is 0 Å². The number of rotatable bonds is 1. The van der Waals surface area contributed by atoms with Gasteiger partial charge in [0.15, 0.2) is 0 Å². The highest BCUT2D eigenvalue weighted by Crippen LogP contribution is 2.20. The Morgan fingerprint density at radius 2 is 1.81 bits per heavy atom. The number of nitrogens with zero attached hydrogens (tertiary/aromatic N) is 3. The van der Waals surface area contributed by atoms with Crippen LogP contribution in [0.2, 0.25) is 0 Å². The van der Waals surface area contributed by atoms with Crippen molar-refractivity contribution in [3.63, 3.8) is 0 Å². The number of hydrogen-bond donors (Lipinski definition) is 1. The van der Waals surface area contributed by atoms with Gasteiger partial charge in [0.25, 0.3) is 0 Å². The monoisotopic (exact) mass is 220 g/mol. The van der Waals surface area contributed by atoms with Crippen molar-refractivity contribution in [3.05, 3.63) is 18.1 Å². The van der Waals surface area contributed by atoms with Crippen molar-refractivity contribution in [3.8, 4) is 0 Å². The molecule has 0 saturated carbocycles. The number of anilines is 1. The number of hydrogen-bond acceptors (Lipinski definition) is 4.